The number of aromatic nitrogens is 1. The van der Waals surface area contributed by atoms with Crippen LogP contribution in [0.4, 0.5) is 11.5 Å². The monoisotopic (exact) mass is 244 g/mol. The predicted octanol–water partition coefficient (Wildman–Crippen LogP) is 2.77. The lowest BCUT2D eigenvalue weighted by Gasteiger charge is -2.32. The van der Waals surface area contributed by atoms with Gasteiger partial charge in [-0.25, -0.2) is 4.98 Å². The summed E-state index contributed by atoms with van der Waals surface area (Å²) in [6.45, 7) is 4.57. The van der Waals surface area contributed by atoms with Gasteiger partial charge in [0.15, 0.2) is 5.82 Å². The highest BCUT2D eigenvalue weighted by Crippen LogP contribution is 2.31. The lowest BCUT2D eigenvalue weighted by atomic mass is 9.80. The molecule has 0 aromatic carbocycles. The van der Waals surface area contributed by atoms with Crippen LogP contribution in [0.15, 0.2) is 12.3 Å². The summed E-state index contributed by atoms with van der Waals surface area (Å²) in [4.78, 5) is 4.24. The van der Waals surface area contributed by atoms with Crippen molar-refractivity contribution in [1.82, 2.24) is 4.98 Å². The van der Waals surface area contributed by atoms with Crippen molar-refractivity contribution in [2.24, 2.45) is 11.8 Å². The van der Waals surface area contributed by atoms with Crippen molar-refractivity contribution in [3.05, 3.63) is 17.8 Å². The fourth-order valence-electron chi connectivity index (χ4n) is 2.94. The van der Waals surface area contributed by atoms with E-state index in [1.54, 1.807) is 12.3 Å². The highest BCUT2D eigenvalue weighted by molar-refractivity contribution is 5.69. The van der Waals surface area contributed by atoms with Crippen molar-refractivity contribution in [3.63, 3.8) is 0 Å². The van der Waals surface area contributed by atoms with Crippen molar-refractivity contribution in [1.29, 1.82) is 5.26 Å². The van der Waals surface area contributed by atoms with Gasteiger partial charge in [-0.05, 0) is 37.2 Å². The zero-order valence-electron chi connectivity index (χ0n) is 11.0. The van der Waals surface area contributed by atoms with Gasteiger partial charge in [-0.15, -0.1) is 0 Å². The molecule has 3 N–H and O–H groups in total. The predicted molar refractivity (Wildman–Crippen MR) is 73.0 cm³/mol. The third-order valence-electron chi connectivity index (χ3n) is 3.63. The zero-order chi connectivity index (χ0) is 13.1. The summed E-state index contributed by atoms with van der Waals surface area (Å²) in [6, 6.07) is 4.14. The van der Waals surface area contributed by atoms with E-state index in [2.05, 4.69) is 30.2 Å². The number of anilines is 2. The van der Waals surface area contributed by atoms with Crippen LogP contribution >= 0.6 is 0 Å². The maximum atomic E-state index is 8.95. The molecule has 96 valence electrons. The Bertz CT molecular complexity index is 453. The van der Waals surface area contributed by atoms with Gasteiger partial charge < -0.3 is 11.1 Å². The smallest absolute Gasteiger partial charge is 0.150 e. The second kappa shape index (κ2) is 5.26. The van der Waals surface area contributed by atoms with Crippen molar-refractivity contribution >= 4 is 11.5 Å². The Morgan fingerprint density at radius 2 is 2.00 bits per heavy atom. The highest BCUT2D eigenvalue weighted by atomic mass is 15.0. The average molecular weight is 244 g/mol. The van der Waals surface area contributed by atoms with E-state index >= 15 is 0 Å². The second-order valence-corrected chi connectivity index (χ2v) is 5.49. The van der Waals surface area contributed by atoms with Crippen LogP contribution in [0.2, 0.25) is 0 Å². The molecule has 1 saturated carbocycles. The Balaban J connectivity index is 2.12. The maximum absolute atomic E-state index is 8.95. The highest BCUT2D eigenvalue weighted by Gasteiger charge is 2.24. The van der Waals surface area contributed by atoms with Crippen LogP contribution in [0.5, 0.6) is 0 Å². The number of hydrogen-bond donors (Lipinski definition) is 2. The van der Waals surface area contributed by atoms with Crippen LogP contribution in [0.1, 0.15) is 38.7 Å². The summed E-state index contributed by atoms with van der Waals surface area (Å²) in [5.41, 5.74) is 6.89. The maximum Gasteiger partial charge on any atom is 0.150 e. The molecular formula is C14H20N4. The molecule has 2 rings (SSSR count). The molecular weight excluding hydrogens is 224 g/mol. The summed E-state index contributed by atoms with van der Waals surface area (Å²) < 4.78 is 0. The molecule has 0 saturated heterocycles. The fraction of sp³-hybridized carbons (Fsp3) is 0.571. The normalized spacial score (nSPS) is 27.5. The molecule has 0 spiro atoms. The minimum absolute atomic E-state index is 0.410. The Labute approximate surface area is 108 Å². The molecule has 1 fully saturated rings. The summed E-state index contributed by atoms with van der Waals surface area (Å²) in [5, 5.41) is 12.3. The molecule has 1 aliphatic rings. The van der Waals surface area contributed by atoms with E-state index in [-0.39, 0.29) is 0 Å². The minimum Gasteiger partial charge on any atom is -0.395 e. The molecule has 1 aromatic heterocycles. The number of nitrogens with one attached hydrogen (secondary N) is 1. The molecule has 1 aliphatic carbocycles. The van der Waals surface area contributed by atoms with E-state index in [0.717, 1.165) is 24.7 Å². The molecule has 0 radical (unpaired) electrons. The lowest BCUT2D eigenvalue weighted by molar-refractivity contribution is 0.280. The molecule has 2 unspecified atom stereocenters. The quantitative estimate of drug-likeness (QED) is 0.838. The molecule has 2 atom stereocenters. The van der Waals surface area contributed by atoms with E-state index in [0.29, 0.717) is 23.1 Å². The number of nitrogens with zero attached hydrogens (tertiary/aromatic N) is 2. The van der Waals surface area contributed by atoms with Gasteiger partial charge in [-0.2, -0.15) is 5.26 Å². The molecule has 1 heterocycles. The Kier molecular flexibility index (Phi) is 3.71. The third-order valence-corrected chi connectivity index (χ3v) is 3.63. The Morgan fingerprint density at radius 1 is 1.33 bits per heavy atom. The SMILES string of the molecule is CC1CC(C)CC(Nc2nccc(C#N)c2N)C1. The first-order valence-corrected chi connectivity index (χ1v) is 6.51. The van der Waals surface area contributed by atoms with Gasteiger partial charge in [-0.3, -0.25) is 0 Å². The number of nitrogens with two attached hydrogens (primary N) is 1. The van der Waals surface area contributed by atoms with E-state index < -0.39 is 0 Å². The number of rotatable bonds is 2. The minimum atomic E-state index is 0.410. The van der Waals surface area contributed by atoms with Crippen LogP contribution in [-0.2, 0) is 0 Å². The third kappa shape index (κ3) is 2.73. The van der Waals surface area contributed by atoms with Crippen molar-refractivity contribution in [2.45, 2.75) is 39.2 Å². The van der Waals surface area contributed by atoms with E-state index in [1.807, 2.05) is 0 Å². The first-order valence-electron chi connectivity index (χ1n) is 6.51. The molecule has 0 aliphatic heterocycles. The van der Waals surface area contributed by atoms with Gasteiger partial charge in [0.1, 0.15) is 6.07 Å². The molecule has 0 amide bonds. The number of pyridine rings is 1. The number of nitriles is 1. The first kappa shape index (κ1) is 12.7. The van der Waals surface area contributed by atoms with Crippen molar-refractivity contribution < 1.29 is 0 Å². The summed E-state index contributed by atoms with van der Waals surface area (Å²) in [6.07, 6.45) is 5.21. The van der Waals surface area contributed by atoms with Gasteiger partial charge >= 0.3 is 0 Å². The second-order valence-electron chi connectivity index (χ2n) is 5.49. The molecule has 4 heteroatoms. The number of hydrogen-bond acceptors (Lipinski definition) is 4. The Morgan fingerprint density at radius 3 is 2.61 bits per heavy atom. The van der Waals surface area contributed by atoms with E-state index in [1.165, 1.54) is 6.42 Å². The van der Waals surface area contributed by atoms with Gasteiger partial charge in [0.05, 0.1) is 11.3 Å². The summed E-state index contributed by atoms with van der Waals surface area (Å²) >= 11 is 0. The van der Waals surface area contributed by atoms with Crippen LogP contribution in [0.25, 0.3) is 0 Å². The topological polar surface area (TPSA) is 74.7 Å². The van der Waals surface area contributed by atoms with Gasteiger partial charge in [0.2, 0.25) is 0 Å². The molecule has 18 heavy (non-hydrogen) atoms. The van der Waals surface area contributed by atoms with Gasteiger partial charge in [0.25, 0.3) is 0 Å². The first-order chi connectivity index (χ1) is 8.60. The molecule has 0 bridgehead atoms. The number of nitrogen functional groups attached to an aromatic ring is 1. The van der Waals surface area contributed by atoms with Crippen LogP contribution in [-0.4, -0.2) is 11.0 Å². The molecule has 1 aromatic rings. The van der Waals surface area contributed by atoms with Crippen LogP contribution in [0, 0.1) is 23.2 Å². The average Bonchev–Trinajstić information content (AvgIpc) is 2.30. The van der Waals surface area contributed by atoms with Crippen LogP contribution in [0.3, 0.4) is 0 Å². The fourth-order valence-corrected chi connectivity index (χ4v) is 2.94. The molecule has 4 nitrogen and oxygen atoms in total. The lowest BCUT2D eigenvalue weighted by Crippen LogP contribution is -2.30. The van der Waals surface area contributed by atoms with Gasteiger partial charge in [0, 0.05) is 12.2 Å². The van der Waals surface area contributed by atoms with E-state index in [9.17, 15) is 0 Å². The van der Waals surface area contributed by atoms with Crippen molar-refractivity contribution in [3.8, 4) is 6.07 Å². The van der Waals surface area contributed by atoms with E-state index in [4.69, 9.17) is 11.0 Å². The summed E-state index contributed by atoms with van der Waals surface area (Å²) in [5.74, 6) is 2.11. The van der Waals surface area contributed by atoms with Crippen molar-refractivity contribution in [2.75, 3.05) is 11.1 Å². The van der Waals surface area contributed by atoms with Crippen LogP contribution < -0.4 is 11.1 Å². The standard InChI is InChI=1S/C14H20N4/c1-9-5-10(2)7-12(6-9)18-14-13(16)11(8-15)3-4-17-14/h3-4,9-10,12H,5-7,16H2,1-2H3,(H,17,18). The zero-order valence-corrected chi connectivity index (χ0v) is 11.0. The summed E-state index contributed by atoms with van der Waals surface area (Å²) in [7, 11) is 0. The van der Waals surface area contributed by atoms with Gasteiger partial charge in [-0.1, -0.05) is 13.8 Å². The largest absolute Gasteiger partial charge is 0.395 e. The Hall–Kier alpha value is -1.76.